The van der Waals surface area contributed by atoms with Gasteiger partial charge < -0.3 is 31.7 Å². The van der Waals surface area contributed by atoms with Crippen molar-refractivity contribution >= 4 is 40.9 Å². The number of ketones is 1. The third-order valence-electron chi connectivity index (χ3n) is 5.80. The number of carbonyl (C=O) groups is 3. The molecule has 0 aromatic carbocycles. The number of hydrogen-bond acceptors (Lipinski definition) is 9. The highest BCUT2D eigenvalue weighted by Gasteiger charge is 2.30. The van der Waals surface area contributed by atoms with Crippen molar-refractivity contribution in [3.63, 3.8) is 0 Å². The fourth-order valence-corrected chi connectivity index (χ4v) is 4.12. The van der Waals surface area contributed by atoms with Gasteiger partial charge in [-0.3, -0.25) is 9.59 Å². The molecular weight excluding hydrogens is 481 g/mol. The zero-order chi connectivity index (χ0) is 27.3. The smallest absolute Gasteiger partial charge is 0.407 e. The van der Waals surface area contributed by atoms with Crippen molar-refractivity contribution in [3.05, 3.63) is 35.3 Å². The average molecular weight is 516 g/mol. The highest BCUT2D eigenvalue weighted by atomic mass is 19.1. The molecule has 2 aromatic rings. The van der Waals surface area contributed by atoms with Gasteiger partial charge >= 0.3 is 6.09 Å². The number of halogens is 1. The first-order valence-electron chi connectivity index (χ1n) is 12.1. The topological polar surface area (TPSA) is 160 Å². The highest BCUT2D eigenvalue weighted by Crippen LogP contribution is 2.28. The molecule has 2 aromatic heterocycles. The molecule has 6 N–H and O–H groups in total. The summed E-state index contributed by atoms with van der Waals surface area (Å²) in [6.07, 6.45) is 4.02. The van der Waals surface area contributed by atoms with Crippen LogP contribution in [-0.4, -0.2) is 52.5 Å². The van der Waals surface area contributed by atoms with Gasteiger partial charge in [0.05, 0.1) is 29.1 Å². The molecule has 2 heterocycles. The number of ether oxygens (including phenoxy) is 1. The van der Waals surface area contributed by atoms with E-state index in [2.05, 4.69) is 31.2 Å². The second kappa shape index (κ2) is 11.4. The van der Waals surface area contributed by atoms with E-state index >= 15 is 4.39 Å². The lowest BCUT2D eigenvalue weighted by atomic mass is 9.90. The number of alkyl carbamates (subject to hydrolysis) is 1. The molecular formula is C25H34FN7O4. The van der Waals surface area contributed by atoms with Crippen LogP contribution in [0.4, 0.5) is 32.3 Å². The molecule has 2 atom stereocenters. The molecule has 200 valence electrons. The van der Waals surface area contributed by atoms with Crippen LogP contribution in [0.1, 0.15) is 74.1 Å². The second-order valence-electron chi connectivity index (χ2n) is 9.92. The van der Waals surface area contributed by atoms with E-state index in [-0.39, 0.29) is 35.1 Å². The predicted octanol–water partition coefficient (Wildman–Crippen LogP) is 3.95. The molecule has 12 heteroatoms. The van der Waals surface area contributed by atoms with E-state index in [9.17, 15) is 14.4 Å². The number of Topliss-reactive ketones (excluding diaryl/α,β-unsaturated/α-hetero) is 1. The first-order chi connectivity index (χ1) is 17.4. The summed E-state index contributed by atoms with van der Waals surface area (Å²) in [5, 5.41) is 11.7. The molecule has 1 saturated carbocycles. The largest absolute Gasteiger partial charge is 0.444 e. The van der Waals surface area contributed by atoms with Crippen molar-refractivity contribution in [1.82, 2.24) is 15.3 Å². The molecule has 0 saturated heterocycles. The Morgan fingerprint density at radius 1 is 1.05 bits per heavy atom. The molecule has 0 radical (unpaired) electrons. The van der Waals surface area contributed by atoms with Gasteiger partial charge in [-0.25, -0.2) is 19.2 Å². The summed E-state index contributed by atoms with van der Waals surface area (Å²) in [5.41, 5.74) is 5.34. The molecule has 37 heavy (non-hydrogen) atoms. The Morgan fingerprint density at radius 2 is 1.73 bits per heavy atom. The maximum atomic E-state index is 15.0. The van der Waals surface area contributed by atoms with Crippen LogP contribution >= 0.6 is 0 Å². The Morgan fingerprint density at radius 3 is 2.32 bits per heavy atom. The lowest BCUT2D eigenvalue weighted by Crippen LogP contribution is -2.50. The minimum absolute atomic E-state index is 0.00243. The van der Waals surface area contributed by atoms with Crippen LogP contribution in [0.15, 0.2) is 18.3 Å². The number of pyridine rings is 2. The average Bonchev–Trinajstić information content (AvgIpc) is 2.80. The van der Waals surface area contributed by atoms with Gasteiger partial charge in [0.15, 0.2) is 17.4 Å². The van der Waals surface area contributed by atoms with Crippen LogP contribution in [0.25, 0.3) is 0 Å². The molecule has 0 unspecified atom stereocenters. The summed E-state index contributed by atoms with van der Waals surface area (Å²) in [4.78, 5) is 44.9. The summed E-state index contributed by atoms with van der Waals surface area (Å²) < 4.78 is 20.4. The van der Waals surface area contributed by atoms with Gasteiger partial charge in [0, 0.05) is 13.1 Å². The standard InChI is InChI=1S/C25H34FN7O4/c1-13(34)15-10-14(12-29-21(15)28-5)30-22-16(20(27)35)11-17(26)23(33-22)31-18-8-6-7-9-19(18)32-24(36)37-25(2,3)4/h10-12,18-19H,6-9H2,1-5H3,(H2,27,35)(H,28,29)(H,32,36)(H2,30,31,33)/t18-,19+/m1/s1. The molecule has 0 aliphatic heterocycles. The molecule has 2 amide bonds. The van der Waals surface area contributed by atoms with E-state index in [1.807, 2.05) is 0 Å². The summed E-state index contributed by atoms with van der Waals surface area (Å²) in [7, 11) is 1.64. The Bertz CT molecular complexity index is 1180. The lowest BCUT2D eigenvalue weighted by Gasteiger charge is -2.34. The van der Waals surface area contributed by atoms with Crippen molar-refractivity contribution < 1.29 is 23.5 Å². The third kappa shape index (κ3) is 7.28. The van der Waals surface area contributed by atoms with Crippen LogP contribution in [-0.2, 0) is 4.74 Å². The summed E-state index contributed by atoms with van der Waals surface area (Å²) in [6.45, 7) is 6.73. The van der Waals surface area contributed by atoms with E-state index in [4.69, 9.17) is 10.5 Å². The number of primary amides is 1. The van der Waals surface area contributed by atoms with Crippen molar-refractivity contribution in [2.75, 3.05) is 23.0 Å². The zero-order valence-corrected chi connectivity index (χ0v) is 21.7. The molecule has 1 aliphatic carbocycles. The SMILES string of the molecule is CNc1ncc(Nc2nc(N[C@@H]3CCCC[C@@H]3NC(=O)OC(C)(C)C)c(F)cc2C(N)=O)cc1C(C)=O. The maximum absolute atomic E-state index is 15.0. The van der Waals surface area contributed by atoms with E-state index in [0.29, 0.717) is 29.9 Å². The van der Waals surface area contributed by atoms with Crippen molar-refractivity contribution in [2.45, 2.75) is 71.1 Å². The number of nitrogens with two attached hydrogens (primary N) is 1. The van der Waals surface area contributed by atoms with Gasteiger partial charge in [0.25, 0.3) is 5.91 Å². The quantitative estimate of drug-likeness (QED) is 0.328. The zero-order valence-electron chi connectivity index (χ0n) is 21.7. The number of carbonyl (C=O) groups excluding carboxylic acids is 3. The normalized spacial score (nSPS) is 17.5. The van der Waals surface area contributed by atoms with Gasteiger partial charge in [0.1, 0.15) is 17.2 Å². The molecule has 1 aliphatic rings. The van der Waals surface area contributed by atoms with Crippen molar-refractivity contribution in [3.8, 4) is 0 Å². The van der Waals surface area contributed by atoms with Gasteiger partial charge in [-0.1, -0.05) is 12.8 Å². The monoisotopic (exact) mass is 515 g/mol. The first-order valence-corrected chi connectivity index (χ1v) is 12.1. The number of anilines is 4. The van der Waals surface area contributed by atoms with Gasteiger partial charge in [0.2, 0.25) is 0 Å². The van der Waals surface area contributed by atoms with Crippen molar-refractivity contribution in [2.24, 2.45) is 5.73 Å². The Labute approximate surface area is 215 Å². The van der Waals surface area contributed by atoms with E-state index < -0.39 is 23.4 Å². The van der Waals surface area contributed by atoms with Gasteiger partial charge in [-0.2, -0.15) is 0 Å². The number of rotatable bonds is 8. The minimum Gasteiger partial charge on any atom is -0.444 e. The minimum atomic E-state index is -0.880. The second-order valence-corrected chi connectivity index (χ2v) is 9.92. The number of nitrogens with one attached hydrogen (secondary N) is 4. The van der Waals surface area contributed by atoms with E-state index in [0.717, 1.165) is 18.9 Å². The Kier molecular flexibility index (Phi) is 8.51. The lowest BCUT2D eigenvalue weighted by molar-refractivity contribution is 0.0488. The van der Waals surface area contributed by atoms with E-state index in [1.165, 1.54) is 13.1 Å². The summed E-state index contributed by atoms with van der Waals surface area (Å²) >= 11 is 0. The summed E-state index contributed by atoms with van der Waals surface area (Å²) in [6, 6.07) is 1.91. The highest BCUT2D eigenvalue weighted by molar-refractivity contribution is 6.01. The number of aromatic nitrogens is 2. The maximum Gasteiger partial charge on any atom is 0.407 e. The fourth-order valence-electron chi connectivity index (χ4n) is 4.12. The van der Waals surface area contributed by atoms with Crippen LogP contribution in [0.2, 0.25) is 0 Å². The van der Waals surface area contributed by atoms with Crippen LogP contribution in [0.3, 0.4) is 0 Å². The van der Waals surface area contributed by atoms with Crippen molar-refractivity contribution in [1.29, 1.82) is 0 Å². The summed E-state index contributed by atoms with van der Waals surface area (Å²) in [5.74, 6) is -1.59. The molecule has 1 fully saturated rings. The van der Waals surface area contributed by atoms with Crippen LogP contribution in [0, 0.1) is 5.82 Å². The third-order valence-corrected chi connectivity index (χ3v) is 5.80. The number of amides is 2. The van der Waals surface area contributed by atoms with Gasteiger partial charge in [-0.05, 0) is 52.7 Å². The van der Waals surface area contributed by atoms with Gasteiger partial charge in [-0.15, -0.1) is 0 Å². The predicted molar refractivity (Wildman–Crippen MR) is 139 cm³/mol. The van der Waals surface area contributed by atoms with E-state index in [1.54, 1.807) is 33.9 Å². The molecule has 3 rings (SSSR count). The Balaban J connectivity index is 1.88. The molecule has 0 bridgehead atoms. The first kappa shape index (κ1) is 27.6. The van der Waals surface area contributed by atoms with Crippen LogP contribution in [0.5, 0.6) is 0 Å². The fraction of sp³-hybridized carbons (Fsp3) is 0.480. The molecule has 11 nitrogen and oxygen atoms in total. The van der Waals surface area contributed by atoms with Crippen LogP contribution < -0.4 is 27.0 Å². The molecule has 0 spiro atoms. The number of hydrogen-bond donors (Lipinski definition) is 5. The number of nitrogens with zero attached hydrogens (tertiary/aromatic N) is 2. The Hall–Kier alpha value is -3.96.